The van der Waals surface area contributed by atoms with E-state index in [2.05, 4.69) is 26.2 Å². The van der Waals surface area contributed by atoms with E-state index in [1.54, 1.807) is 24.8 Å². The minimum atomic E-state index is -0.460. The van der Waals surface area contributed by atoms with Crippen molar-refractivity contribution in [2.24, 2.45) is 5.73 Å². The zero-order chi connectivity index (χ0) is 16.5. The second-order valence-corrected chi connectivity index (χ2v) is 5.72. The van der Waals surface area contributed by atoms with Crippen molar-refractivity contribution in [2.45, 2.75) is 12.8 Å². The van der Waals surface area contributed by atoms with Gasteiger partial charge in [0.2, 0.25) is 0 Å². The Bertz CT molecular complexity index is 890. The molecule has 0 atom stereocenters. The Labute approximate surface area is 138 Å². The van der Waals surface area contributed by atoms with E-state index in [1.165, 1.54) is 4.90 Å². The number of urea groups is 1. The topological polar surface area (TPSA) is 101 Å². The summed E-state index contributed by atoms with van der Waals surface area (Å²) in [7, 11) is 0. The van der Waals surface area contributed by atoms with E-state index in [4.69, 9.17) is 5.73 Å². The molecule has 2 amide bonds. The molecule has 0 aromatic carbocycles. The highest BCUT2D eigenvalue weighted by atomic mass is 16.2. The molecule has 0 saturated heterocycles. The smallest absolute Gasteiger partial charge is 0.320 e. The van der Waals surface area contributed by atoms with Crippen LogP contribution in [0.4, 0.5) is 10.6 Å². The summed E-state index contributed by atoms with van der Waals surface area (Å²) in [5.74, 6) is 0.661. The van der Waals surface area contributed by atoms with Gasteiger partial charge in [0.05, 0.1) is 5.69 Å². The van der Waals surface area contributed by atoms with Crippen LogP contribution >= 0.6 is 0 Å². The Morgan fingerprint density at radius 2 is 2.00 bits per heavy atom. The number of aromatic nitrogens is 4. The van der Waals surface area contributed by atoms with Gasteiger partial charge in [-0.25, -0.2) is 9.78 Å². The lowest BCUT2D eigenvalue weighted by atomic mass is 10.0. The van der Waals surface area contributed by atoms with Gasteiger partial charge in [0, 0.05) is 48.0 Å². The van der Waals surface area contributed by atoms with Crippen LogP contribution in [0.25, 0.3) is 22.4 Å². The first-order valence-corrected chi connectivity index (χ1v) is 7.74. The number of hydrogen-bond donors (Lipinski definition) is 2. The molecule has 3 aromatic rings. The Kier molecular flexibility index (Phi) is 3.45. The van der Waals surface area contributed by atoms with Gasteiger partial charge in [-0.1, -0.05) is 0 Å². The highest BCUT2D eigenvalue weighted by Crippen LogP contribution is 2.30. The summed E-state index contributed by atoms with van der Waals surface area (Å²) in [5, 5.41) is 6.99. The van der Waals surface area contributed by atoms with Gasteiger partial charge in [0.1, 0.15) is 5.82 Å². The first kappa shape index (κ1) is 14.4. The Morgan fingerprint density at radius 1 is 1.17 bits per heavy atom. The molecule has 3 aromatic heterocycles. The maximum Gasteiger partial charge on any atom is 0.320 e. The van der Waals surface area contributed by atoms with Crippen molar-refractivity contribution < 1.29 is 4.79 Å². The number of rotatable bonds is 2. The lowest BCUT2D eigenvalue weighted by Gasteiger charge is -2.26. The minimum Gasteiger partial charge on any atom is -0.351 e. The first-order chi connectivity index (χ1) is 11.7. The third-order valence-corrected chi connectivity index (χ3v) is 4.16. The lowest BCUT2D eigenvalue weighted by Crippen LogP contribution is -2.40. The summed E-state index contributed by atoms with van der Waals surface area (Å²) in [5.41, 5.74) is 10.2. The third-order valence-electron chi connectivity index (χ3n) is 4.16. The summed E-state index contributed by atoms with van der Waals surface area (Å²) in [6, 6.07) is 5.53. The maximum absolute atomic E-state index is 11.5. The van der Waals surface area contributed by atoms with Crippen molar-refractivity contribution in [1.82, 2.24) is 20.2 Å². The Hall–Kier alpha value is -3.22. The minimum absolute atomic E-state index is 0.460. The van der Waals surface area contributed by atoms with E-state index in [-0.39, 0.29) is 0 Å². The molecule has 120 valence electrons. The zero-order valence-corrected chi connectivity index (χ0v) is 12.9. The predicted molar refractivity (Wildman–Crippen MR) is 90.3 cm³/mol. The third kappa shape index (κ3) is 2.50. The highest BCUT2D eigenvalue weighted by Gasteiger charge is 2.22. The second-order valence-electron chi connectivity index (χ2n) is 5.72. The molecule has 4 heterocycles. The number of nitrogens with one attached hydrogen (secondary N) is 1. The number of carbonyl (C=O) groups excluding carboxylic acids is 1. The maximum atomic E-state index is 11.5. The monoisotopic (exact) mass is 320 g/mol. The summed E-state index contributed by atoms with van der Waals surface area (Å²) in [6.45, 7) is 0.616. The molecule has 0 spiro atoms. The number of pyridine rings is 2. The van der Waals surface area contributed by atoms with Gasteiger partial charge in [-0.15, -0.1) is 0 Å². The molecule has 24 heavy (non-hydrogen) atoms. The standard InChI is InChI=1S/C17H16N6O/c18-17(24)23-5-1-2-11-6-13(10-20-16(11)23)12-7-14(9-19-8-12)15-3-4-21-22-15/h3-4,6-10H,1-2,5H2,(H2,18,24)(H,21,22). The number of aromatic amines is 1. The van der Waals surface area contributed by atoms with Gasteiger partial charge in [0.15, 0.2) is 0 Å². The largest absolute Gasteiger partial charge is 0.351 e. The fraction of sp³-hybridized carbons (Fsp3) is 0.176. The molecule has 0 unspecified atom stereocenters. The Morgan fingerprint density at radius 3 is 2.79 bits per heavy atom. The van der Waals surface area contributed by atoms with Crippen molar-refractivity contribution in [1.29, 1.82) is 0 Å². The fourth-order valence-electron chi connectivity index (χ4n) is 3.00. The van der Waals surface area contributed by atoms with Crippen molar-refractivity contribution in [2.75, 3.05) is 11.4 Å². The van der Waals surface area contributed by atoms with Crippen LogP contribution in [0, 0.1) is 0 Å². The molecule has 0 bridgehead atoms. The average molecular weight is 320 g/mol. The van der Waals surface area contributed by atoms with E-state index in [0.29, 0.717) is 12.4 Å². The number of carbonyl (C=O) groups is 1. The second kappa shape index (κ2) is 5.77. The molecule has 1 aliphatic heterocycles. The number of anilines is 1. The van der Waals surface area contributed by atoms with Crippen molar-refractivity contribution >= 4 is 11.8 Å². The van der Waals surface area contributed by atoms with E-state index in [9.17, 15) is 4.79 Å². The fourth-order valence-corrected chi connectivity index (χ4v) is 3.00. The number of fused-ring (bicyclic) bond motifs is 1. The molecular formula is C17H16N6O. The molecule has 0 radical (unpaired) electrons. The molecule has 4 rings (SSSR count). The van der Waals surface area contributed by atoms with Crippen LogP contribution < -0.4 is 10.6 Å². The van der Waals surface area contributed by atoms with Crippen LogP contribution in [-0.4, -0.2) is 32.7 Å². The van der Waals surface area contributed by atoms with Gasteiger partial charge in [0.25, 0.3) is 0 Å². The number of nitrogens with zero attached hydrogens (tertiary/aromatic N) is 4. The molecule has 0 aliphatic carbocycles. The Balaban J connectivity index is 1.73. The van der Waals surface area contributed by atoms with Crippen molar-refractivity contribution in [3.8, 4) is 22.4 Å². The molecule has 7 heteroatoms. The molecule has 1 aliphatic rings. The molecule has 0 saturated carbocycles. The van der Waals surface area contributed by atoms with Gasteiger partial charge < -0.3 is 5.73 Å². The van der Waals surface area contributed by atoms with Crippen LogP contribution in [0.2, 0.25) is 0 Å². The number of aryl methyl sites for hydroxylation is 1. The van der Waals surface area contributed by atoms with Crippen LogP contribution in [0.5, 0.6) is 0 Å². The van der Waals surface area contributed by atoms with Gasteiger partial charge in [-0.3, -0.25) is 15.0 Å². The number of amides is 2. The number of nitrogens with two attached hydrogens (primary N) is 1. The summed E-state index contributed by atoms with van der Waals surface area (Å²) in [4.78, 5) is 21.8. The quantitative estimate of drug-likeness (QED) is 0.757. The first-order valence-electron chi connectivity index (χ1n) is 7.74. The van der Waals surface area contributed by atoms with E-state index >= 15 is 0 Å². The summed E-state index contributed by atoms with van der Waals surface area (Å²) >= 11 is 0. The SMILES string of the molecule is NC(=O)N1CCCc2cc(-c3cncc(-c4cc[nH]n4)c3)cnc21. The van der Waals surface area contributed by atoms with E-state index in [0.717, 1.165) is 40.8 Å². The van der Waals surface area contributed by atoms with Crippen LogP contribution in [0.3, 0.4) is 0 Å². The highest BCUT2D eigenvalue weighted by molar-refractivity contribution is 5.91. The summed E-state index contributed by atoms with van der Waals surface area (Å²) in [6.07, 6.45) is 8.87. The van der Waals surface area contributed by atoms with E-state index < -0.39 is 6.03 Å². The van der Waals surface area contributed by atoms with Crippen molar-refractivity contribution in [3.05, 3.63) is 48.5 Å². The number of hydrogen-bond acceptors (Lipinski definition) is 4. The predicted octanol–water partition coefficient (Wildman–Crippen LogP) is 2.37. The lowest BCUT2D eigenvalue weighted by molar-refractivity contribution is 0.253. The average Bonchev–Trinajstić information content (AvgIpc) is 3.15. The number of primary amides is 1. The molecule has 0 fully saturated rings. The van der Waals surface area contributed by atoms with Crippen molar-refractivity contribution in [3.63, 3.8) is 0 Å². The molecular weight excluding hydrogens is 304 g/mol. The summed E-state index contributed by atoms with van der Waals surface area (Å²) < 4.78 is 0. The molecule has 7 nitrogen and oxygen atoms in total. The zero-order valence-electron chi connectivity index (χ0n) is 12.9. The number of H-pyrrole nitrogens is 1. The van der Waals surface area contributed by atoms with Crippen LogP contribution in [0.15, 0.2) is 43.0 Å². The van der Waals surface area contributed by atoms with Gasteiger partial charge in [-0.05, 0) is 36.6 Å². The normalized spacial score (nSPS) is 13.6. The van der Waals surface area contributed by atoms with Crippen LogP contribution in [0.1, 0.15) is 12.0 Å². The van der Waals surface area contributed by atoms with Gasteiger partial charge in [-0.2, -0.15) is 5.10 Å². The molecule has 3 N–H and O–H groups in total. The van der Waals surface area contributed by atoms with E-state index in [1.807, 2.05) is 12.1 Å². The van der Waals surface area contributed by atoms with Gasteiger partial charge >= 0.3 is 6.03 Å². The van der Waals surface area contributed by atoms with Crippen LogP contribution in [-0.2, 0) is 6.42 Å².